The first kappa shape index (κ1) is 15.0. The van der Waals surface area contributed by atoms with Crippen molar-refractivity contribution in [3.8, 4) is 5.75 Å². The van der Waals surface area contributed by atoms with Crippen LogP contribution in [-0.2, 0) is 17.8 Å². The van der Waals surface area contributed by atoms with Gasteiger partial charge >= 0.3 is 5.97 Å². The number of para-hydroxylation sites is 1. The Kier molecular flexibility index (Phi) is 5.25. The second kappa shape index (κ2) is 7.37. The second-order valence-electron chi connectivity index (χ2n) is 4.89. The molecule has 7 heteroatoms. The molecule has 7 nitrogen and oxygen atoms in total. The van der Waals surface area contributed by atoms with Gasteiger partial charge in [0, 0.05) is 19.4 Å². The van der Waals surface area contributed by atoms with Crippen molar-refractivity contribution in [1.29, 1.82) is 0 Å². The molecular formula is C14H18N4O3. The molecule has 0 amide bonds. The fourth-order valence-corrected chi connectivity index (χ4v) is 1.98. The molecule has 0 spiro atoms. The molecule has 0 saturated carbocycles. The summed E-state index contributed by atoms with van der Waals surface area (Å²) in [5, 5.41) is 20.3. The largest absolute Gasteiger partial charge is 0.493 e. The van der Waals surface area contributed by atoms with Crippen LogP contribution in [0.15, 0.2) is 30.3 Å². The molecule has 2 aromatic rings. The van der Waals surface area contributed by atoms with Gasteiger partial charge in [0.1, 0.15) is 5.75 Å². The zero-order chi connectivity index (χ0) is 15.1. The molecular weight excluding hydrogens is 272 g/mol. The topological polar surface area (TPSA) is 90.1 Å². The number of tetrazole rings is 1. The number of carboxylic acids is 1. The van der Waals surface area contributed by atoms with Gasteiger partial charge in [-0.05, 0) is 28.5 Å². The van der Waals surface area contributed by atoms with Crippen molar-refractivity contribution in [2.24, 2.45) is 5.92 Å². The van der Waals surface area contributed by atoms with Gasteiger partial charge in [-0.25, -0.2) is 4.68 Å². The number of hydrogen-bond acceptors (Lipinski definition) is 5. The molecule has 0 saturated heterocycles. The van der Waals surface area contributed by atoms with Crippen molar-refractivity contribution in [2.75, 3.05) is 6.61 Å². The molecule has 1 atom stereocenters. The highest BCUT2D eigenvalue weighted by Gasteiger charge is 2.13. The second-order valence-corrected chi connectivity index (χ2v) is 4.89. The molecule has 0 radical (unpaired) electrons. The molecule has 0 aliphatic rings. The fourth-order valence-electron chi connectivity index (χ4n) is 1.98. The molecule has 1 aromatic heterocycles. The van der Waals surface area contributed by atoms with E-state index in [1.54, 1.807) is 4.68 Å². The van der Waals surface area contributed by atoms with Crippen molar-refractivity contribution >= 4 is 5.97 Å². The van der Waals surface area contributed by atoms with Crippen LogP contribution in [0.1, 0.15) is 19.2 Å². The van der Waals surface area contributed by atoms with Crippen LogP contribution in [-0.4, -0.2) is 37.9 Å². The van der Waals surface area contributed by atoms with Gasteiger partial charge in [-0.15, -0.1) is 5.10 Å². The van der Waals surface area contributed by atoms with Crippen LogP contribution < -0.4 is 4.74 Å². The van der Waals surface area contributed by atoms with Gasteiger partial charge in [0.2, 0.25) is 0 Å². The molecule has 1 aromatic carbocycles. The summed E-state index contributed by atoms with van der Waals surface area (Å²) in [4.78, 5) is 10.7. The summed E-state index contributed by atoms with van der Waals surface area (Å²) >= 11 is 0. The van der Waals surface area contributed by atoms with Crippen LogP contribution in [0.25, 0.3) is 0 Å². The Bertz CT molecular complexity index is 571. The zero-order valence-corrected chi connectivity index (χ0v) is 11.8. The SMILES string of the molecule is CC(CC(=O)O)Cn1nnnc1CCOc1ccccc1. The van der Waals surface area contributed by atoms with E-state index in [0.717, 1.165) is 5.75 Å². The lowest BCUT2D eigenvalue weighted by Gasteiger charge is -2.10. The van der Waals surface area contributed by atoms with Gasteiger partial charge in [0.25, 0.3) is 0 Å². The van der Waals surface area contributed by atoms with Gasteiger partial charge in [-0.3, -0.25) is 4.79 Å². The van der Waals surface area contributed by atoms with E-state index in [9.17, 15) is 4.79 Å². The van der Waals surface area contributed by atoms with Crippen LogP contribution >= 0.6 is 0 Å². The van der Waals surface area contributed by atoms with E-state index in [0.29, 0.717) is 25.4 Å². The summed E-state index contributed by atoms with van der Waals surface area (Å²) in [6, 6.07) is 9.52. The average molecular weight is 290 g/mol. The molecule has 0 aliphatic carbocycles. The van der Waals surface area contributed by atoms with Crippen molar-refractivity contribution in [3.63, 3.8) is 0 Å². The molecule has 1 heterocycles. The smallest absolute Gasteiger partial charge is 0.303 e. The fraction of sp³-hybridized carbons (Fsp3) is 0.429. The first-order valence-corrected chi connectivity index (χ1v) is 6.80. The minimum absolute atomic E-state index is 0.0280. The highest BCUT2D eigenvalue weighted by Crippen LogP contribution is 2.10. The molecule has 0 bridgehead atoms. The number of ether oxygens (including phenoxy) is 1. The maximum Gasteiger partial charge on any atom is 0.303 e. The summed E-state index contributed by atoms with van der Waals surface area (Å²) in [5.41, 5.74) is 0. The first-order chi connectivity index (χ1) is 10.1. The van der Waals surface area contributed by atoms with Gasteiger partial charge in [-0.2, -0.15) is 0 Å². The Morgan fingerprint density at radius 2 is 2.14 bits per heavy atom. The van der Waals surface area contributed by atoms with Crippen LogP contribution in [0.2, 0.25) is 0 Å². The lowest BCUT2D eigenvalue weighted by molar-refractivity contribution is -0.138. The minimum Gasteiger partial charge on any atom is -0.493 e. The number of rotatable bonds is 8. The van der Waals surface area contributed by atoms with E-state index in [4.69, 9.17) is 9.84 Å². The van der Waals surface area contributed by atoms with Crippen molar-refractivity contribution in [2.45, 2.75) is 26.3 Å². The molecule has 0 fully saturated rings. The Hall–Kier alpha value is -2.44. The van der Waals surface area contributed by atoms with Crippen LogP contribution in [0, 0.1) is 5.92 Å². The highest BCUT2D eigenvalue weighted by molar-refractivity contribution is 5.66. The monoisotopic (exact) mass is 290 g/mol. The third kappa shape index (κ3) is 4.87. The predicted molar refractivity (Wildman–Crippen MR) is 74.9 cm³/mol. The Morgan fingerprint density at radius 1 is 1.38 bits per heavy atom. The van der Waals surface area contributed by atoms with Gasteiger partial charge in [-0.1, -0.05) is 25.1 Å². The number of carbonyl (C=O) groups is 1. The lowest BCUT2D eigenvalue weighted by atomic mass is 10.1. The first-order valence-electron chi connectivity index (χ1n) is 6.80. The lowest BCUT2D eigenvalue weighted by Crippen LogP contribution is -2.16. The zero-order valence-electron chi connectivity index (χ0n) is 11.8. The van der Waals surface area contributed by atoms with Gasteiger partial charge in [0.15, 0.2) is 5.82 Å². The summed E-state index contributed by atoms with van der Waals surface area (Å²) in [7, 11) is 0. The number of benzene rings is 1. The van der Waals surface area contributed by atoms with E-state index in [1.165, 1.54) is 0 Å². The molecule has 1 N–H and O–H groups in total. The van der Waals surface area contributed by atoms with Gasteiger partial charge in [0.05, 0.1) is 6.61 Å². The summed E-state index contributed by atoms with van der Waals surface area (Å²) in [5.74, 6) is 0.656. The van der Waals surface area contributed by atoms with E-state index in [1.807, 2.05) is 37.3 Å². The van der Waals surface area contributed by atoms with E-state index < -0.39 is 5.97 Å². The summed E-state index contributed by atoms with van der Waals surface area (Å²) < 4.78 is 7.24. The Labute approximate surface area is 122 Å². The van der Waals surface area contributed by atoms with E-state index in [2.05, 4.69) is 15.5 Å². The molecule has 112 valence electrons. The highest BCUT2D eigenvalue weighted by atomic mass is 16.5. The number of aliphatic carboxylic acids is 1. The Morgan fingerprint density at radius 3 is 2.86 bits per heavy atom. The van der Waals surface area contributed by atoms with Crippen molar-refractivity contribution in [3.05, 3.63) is 36.2 Å². The average Bonchev–Trinajstić information content (AvgIpc) is 2.86. The third-order valence-electron chi connectivity index (χ3n) is 2.95. The standard InChI is InChI=1S/C14H18N4O3/c1-11(9-14(19)20)10-18-13(15-16-17-18)7-8-21-12-5-3-2-4-6-12/h2-6,11H,7-10H2,1H3,(H,19,20). The number of hydrogen-bond donors (Lipinski definition) is 1. The van der Waals surface area contributed by atoms with Crippen LogP contribution in [0.5, 0.6) is 5.75 Å². The minimum atomic E-state index is -0.815. The number of nitrogens with zero attached hydrogens (tertiary/aromatic N) is 4. The third-order valence-corrected chi connectivity index (χ3v) is 2.95. The summed E-state index contributed by atoms with van der Waals surface area (Å²) in [6.45, 7) is 2.82. The van der Waals surface area contributed by atoms with Crippen molar-refractivity contribution in [1.82, 2.24) is 20.2 Å². The van der Waals surface area contributed by atoms with Crippen molar-refractivity contribution < 1.29 is 14.6 Å². The molecule has 2 rings (SSSR count). The maximum atomic E-state index is 10.7. The number of aromatic nitrogens is 4. The Balaban J connectivity index is 1.84. The predicted octanol–water partition coefficient (Wildman–Crippen LogP) is 1.41. The normalized spacial score (nSPS) is 12.0. The summed E-state index contributed by atoms with van der Waals surface area (Å²) in [6.07, 6.45) is 0.668. The molecule has 1 unspecified atom stereocenters. The molecule has 21 heavy (non-hydrogen) atoms. The maximum absolute atomic E-state index is 10.7. The van der Waals surface area contributed by atoms with E-state index in [-0.39, 0.29) is 12.3 Å². The van der Waals surface area contributed by atoms with Crippen LogP contribution in [0.3, 0.4) is 0 Å². The van der Waals surface area contributed by atoms with Gasteiger partial charge < -0.3 is 9.84 Å². The quantitative estimate of drug-likeness (QED) is 0.790. The number of carboxylic acid groups (broad SMARTS) is 1. The van der Waals surface area contributed by atoms with E-state index >= 15 is 0 Å². The molecule has 0 aliphatic heterocycles. The van der Waals surface area contributed by atoms with Crippen LogP contribution in [0.4, 0.5) is 0 Å².